The Hall–Kier alpha value is -3.55. The van der Waals surface area contributed by atoms with Gasteiger partial charge in [0.2, 0.25) is 0 Å². The molecule has 2 fully saturated rings. The Morgan fingerprint density at radius 2 is 1.81 bits per heavy atom. The van der Waals surface area contributed by atoms with Crippen LogP contribution in [0.3, 0.4) is 0 Å². The van der Waals surface area contributed by atoms with Crippen molar-refractivity contribution in [2.75, 3.05) is 6.61 Å². The van der Waals surface area contributed by atoms with Crippen LogP contribution in [0.2, 0.25) is 0 Å². The highest BCUT2D eigenvalue weighted by Crippen LogP contribution is 2.40. The zero-order valence-electron chi connectivity index (χ0n) is 20.4. The summed E-state index contributed by atoms with van der Waals surface area (Å²) in [5, 5.41) is 18.7. The molecule has 1 heterocycles. The lowest BCUT2D eigenvalue weighted by Gasteiger charge is -2.20. The molecular weight excluding hydrogens is 458 g/mol. The van der Waals surface area contributed by atoms with Crippen LogP contribution in [0, 0.1) is 30.6 Å². The second-order valence-corrected chi connectivity index (χ2v) is 10.3. The molecule has 0 spiro atoms. The van der Waals surface area contributed by atoms with Crippen molar-refractivity contribution >= 4 is 22.7 Å². The number of hydrogen-bond donors (Lipinski definition) is 1. The van der Waals surface area contributed by atoms with E-state index in [2.05, 4.69) is 10.3 Å². The number of fused-ring (bicyclic) bond motifs is 1. The average molecular weight is 490 g/mol. The standard InChI is InChI=1S/C28H31N3O5/c1-17-6-13-24-23(14-17)27(33)31(30-29-24)15-20-9-12-22(25(20)28(34)35)26(32)19-7-10-21(11-8-19)36-16-18-4-2-3-5-18/h6-8,10-11,13-14,18,20,22,25H,2-5,9,12,15-16H2,1H3,(H,34,35)/t20-,22-,25-/m0/s1. The van der Waals surface area contributed by atoms with Gasteiger partial charge >= 0.3 is 5.97 Å². The van der Waals surface area contributed by atoms with Crippen molar-refractivity contribution in [3.63, 3.8) is 0 Å². The van der Waals surface area contributed by atoms with Crippen LogP contribution < -0.4 is 10.3 Å². The molecule has 2 saturated carbocycles. The van der Waals surface area contributed by atoms with Crippen molar-refractivity contribution in [2.24, 2.45) is 23.7 Å². The van der Waals surface area contributed by atoms with Crippen LogP contribution in [0.5, 0.6) is 5.75 Å². The van der Waals surface area contributed by atoms with Crippen LogP contribution in [0.25, 0.3) is 10.9 Å². The monoisotopic (exact) mass is 489 g/mol. The van der Waals surface area contributed by atoms with Crippen molar-refractivity contribution in [2.45, 2.75) is 52.0 Å². The van der Waals surface area contributed by atoms with E-state index in [1.165, 1.54) is 30.4 Å². The maximum atomic E-state index is 13.3. The lowest BCUT2D eigenvalue weighted by Crippen LogP contribution is -2.34. The summed E-state index contributed by atoms with van der Waals surface area (Å²) in [7, 11) is 0. The number of ketones is 1. The van der Waals surface area contributed by atoms with Crippen molar-refractivity contribution < 1.29 is 19.4 Å². The van der Waals surface area contributed by atoms with Crippen LogP contribution in [0.15, 0.2) is 47.3 Å². The number of benzene rings is 2. The smallest absolute Gasteiger partial charge is 0.307 e. The van der Waals surface area contributed by atoms with Gasteiger partial charge in [-0.05, 0) is 80.8 Å². The fourth-order valence-electron chi connectivity index (χ4n) is 5.81. The predicted molar refractivity (Wildman–Crippen MR) is 134 cm³/mol. The number of hydrogen-bond acceptors (Lipinski definition) is 6. The molecule has 2 aliphatic rings. The number of Topliss-reactive ketones (excluding diaryl/α,β-unsaturated/α-hetero) is 1. The highest BCUT2D eigenvalue weighted by Gasteiger charge is 2.45. The average Bonchev–Trinajstić information content (AvgIpc) is 3.55. The molecule has 0 unspecified atom stereocenters. The van der Waals surface area contributed by atoms with Crippen LogP contribution >= 0.6 is 0 Å². The second-order valence-electron chi connectivity index (χ2n) is 10.3. The van der Waals surface area contributed by atoms with E-state index in [4.69, 9.17) is 4.74 Å². The molecule has 5 rings (SSSR count). The molecule has 3 atom stereocenters. The fraction of sp³-hybridized carbons (Fsp3) is 0.464. The number of carboxylic acid groups (broad SMARTS) is 1. The zero-order valence-corrected chi connectivity index (χ0v) is 20.4. The molecule has 8 nitrogen and oxygen atoms in total. The Bertz CT molecular complexity index is 1330. The summed E-state index contributed by atoms with van der Waals surface area (Å²) in [6, 6.07) is 12.4. The van der Waals surface area contributed by atoms with Gasteiger partial charge in [0.1, 0.15) is 11.3 Å². The number of carbonyl (C=O) groups is 2. The SMILES string of the molecule is Cc1ccc2nnn(C[C@@H]3CC[C@H](C(=O)c4ccc(OCC5CCCC5)cc4)[C@H]3C(=O)O)c(=O)c2c1. The van der Waals surface area contributed by atoms with Crippen LogP contribution in [0.1, 0.15) is 54.4 Å². The van der Waals surface area contributed by atoms with Crippen molar-refractivity contribution in [3.8, 4) is 5.75 Å². The number of carbonyl (C=O) groups excluding carboxylic acids is 1. The van der Waals surface area contributed by atoms with E-state index in [-0.39, 0.29) is 23.8 Å². The lowest BCUT2D eigenvalue weighted by atomic mass is 9.84. The second kappa shape index (κ2) is 10.2. The number of nitrogens with zero attached hydrogens (tertiary/aromatic N) is 3. The van der Waals surface area contributed by atoms with Gasteiger partial charge in [-0.3, -0.25) is 14.4 Å². The highest BCUT2D eigenvalue weighted by molar-refractivity contribution is 6.00. The minimum absolute atomic E-state index is 0.115. The van der Waals surface area contributed by atoms with Crippen molar-refractivity contribution in [3.05, 3.63) is 63.9 Å². The van der Waals surface area contributed by atoms with Crippen molar-refractivity contribution in [1.82, 2.24) is 15.0 Å². The molecule has 188 valence electrons. The predicted octanol–water partition coefficient (Wildman–Crippen LogP) is 4.28. The Kier molecular flexibility index (Phi) is 6.85. The Balaban J connectivity index is 1.29. The molecule has 2 aromatic carbocycles. The number of carboxylic acids is 1. The molecule has 0 radical (unpaired) electrons. The molecule has 2 aliphatic carbocycles. The lowest BCUT2D eigenvalue weighted by molar-refractivity contribution is -0.144. The van der Waals surface area contributed by atoms with E-state index < -0.39 is 17.8 Å². The first-order chi connectivity index (χ1) is 17.4. The number of aliphatic carboxylic acids is 1. The molecule has 1 N–H and O–H groups in total. The van der Waals surface area contributed by atoms with E-state index in [0.717, 1.165) is 11.3 Å². The van der Waals surface area contributed by atoms with Crippen LogP contribution in [-0.4, -0.2) is 38.5 Å². The first-order valence-corrected chi connectivity index (χ1v) is 12.7. The van der Waals surface area contributed by atoms with Gasteiger partial charge in [-0.15, -0.1) is 5.10 Å². The summed E-state index contributed by atoms with van der Waals surface area (Å²) in [6.45, 7) is 2.70. The molecule has 0 bridgehead atoms. The molecule has 3 aromatic rings. The Morgan fingerprint density at radius 3 is 2.53 bits per heavy atom. The minimum atomic E-state index is -1.02. The number of rotatable bonds is 8. The van der Waals surface area contributed by atoms with Crippen LogP contribution in [-0.2, 0) is 11.3 Å². The summed E-state index contributed by atoms with van der Waals surface area (Å²) in [6.07, 6.45) is 5.90. The summed E-state index contributed by atoms with van der Waals surface area (Å²) < 4.78 is 7.13. The van der Waals surface area contributed by atoms with Crippen LogP contribution in [0.4, 0.5) is 0 Å². The maximum Gasteiger partial charge on any atom is 0.307 e. The third kappa shape index (κ3) is 4.90. The van der Waals surface area contributed by atoms with Gasteiger partial charge in [0.05, 0.1) is 24.5 Å². The molecular formula is C28H31N3O5. The fourth-order valence-corrected chi connectivity index (χ4v) is 5.81. The summed E-state index contributed by atoms with van der Waals surface area (Å²) in [4.78, 5) is 38.6. The van der Waals surface area contributed by atoms with E-state index in [9.17, 15) is 19.5 Å². The maximum absolute atomic E-state index is 13.3. The first kappa shape index (κ1) is 24.2. The quantitative estimate of drug-likeness (QED) is 0.470. The van der Waals surface area contributed by atoms with Gasteiger partial charge in [-0.25, -0.2) is 4.68 Å². The van der Waals surface area contributed by atoms with Crippen molar-refractivity contribution in [1.29, 1.82) is 0 Å². The molecule has 0 saturated heterocycles. The van der Waals surface area contributed by atoms with Gasteiger partial charge < -0.3 is 9.84 Å². The first-order valence-electron chi connectivity index (χ1n) is 12.7. The van der Waals surface area contributed by atoms with E-state index in [1.807, 2.05) is 13.0 Å². The highest BCUT2D eigenvalue weighted by atomic mass is 16.5. The minimum Gasteiger partial charge on any atom is -0.493 e. The molecule has 0 aliphatic heterocycles. The Morgan fingerprint density at radius 1 is 1.06 bits per heavy atom. The number of aromatic nitrogens is 3. The van der Waals surface area contributed by atoms with Gasteiger partial charge in [-0.1, -0.05) is 29.7 Å². The third-order valence-corrected chi connectivity index (χ3v) is 7.80. The summed E-state index contributed by atoms with van der Waals surface area (Å²) in [5.74, 6) is -1.81. The van der Waals surface area contributed by atoms with Gasteiger partial charge in [0.15, 0.2) is 5.78 Å². The zero-order chi connectivity index (χ0) is 25.2. The largest absolute Gasteiger partial charge is 0.493 e. The summed E-state index contributed by atoms with van der Waals surface area (Å²) >= 11 is 0. The topological polar surface area (TPSA) is 111 Å². The van der Waals surface area contributed by atoms with E-state index >= 15 is 0 Å². The van der Waals surface area contributed by atoms with E-state index in [1.54, 1.807) is 36.4 Å². The van der Waals surface area contributed by atoms with Gasteiger partial charge in [0, 0.05) is 11.5 Å². The number of aryl methyl sites for hydroxylation is 1. The summed E-state index contributed by atoms with van der Waals surface area (Å²) in [5.41, 5.74) is 1.63. The Labute approximate surface area is 209 Å². The van der Waals surface area contributed by atoms with Gasteiger partial charge in [-0.2, -0.15) is 0 Å². The van der Waals surface area contributed by atoms with E-state index in [0.29, 0.717) is 41.8 Å². The molecule has 1 aromatic heterocycles. The normalized spacial score (nSPS) is 22.2. The number of ether oxygens (including phenoxy) is 1. The molecule has 36 heavy (non-hydrogen) atoms. The molecule has 8 heteroatoms. The van der Waals surface area contributed by atoms with Gasteiger partial charge in [0.25, 0.3) is 5.56 Å². The molecule has 0 amide bonds. The third-order valence-electron chi connectivity index (χ3n) is 7.80.